The highest BCUT2D eigenvalue weighted by Crippen LogP contribution is 2.43. The molecule has 0 fully saturated rings. The fourth-order valence-electron chi connectivity index (χ4n) is 5.18. The second-order valence-corrected chi connectivity index (χ2v) is 12.4. The SMILES string of the molecule is CCOC(=O)c1c(-c2ccc(C)c(C)c2)csc1NC(=O)c1sc2nc(-c3ccccc3)cc(-c3ccc(OC)cc3)c2c1N. The highest BCUT2D eigenvalue weighted by molar-refractivity contribution is 7.21. The van der Waals surface area contributed by atoms with E-state index in [1.165, 1.54) is 22.7 Å². The normalized spacial score (nSPS) is 11.0. The standard InChI is InChI=1S/C36H31N3O4S2/c1-5-43-36(41)30-27(24-12-11-20(2)21(3)17-24)19-44-34(30)39-33(40)32-31(37)29-26(22-13-15-25(42-4)16-14-22)18-28(38-35(29)45-32)23-9-7-6-8-10-23/h6-19H,5,37H2,1-4H3,(H,39,40). The highest BCUT2D eigenvalue weighted by Gasteiger charge is 2.26. The summed E-state index contributed by atoms with van der Waals surface area (Å²) >= 11 is 2.50. The molecule has 6 aromatic rings. The number of nitrogens with one attached hydrogen (secondary N) is 1. The molecule has 9 heteroatoms. The highest BCUT2D eigenvalue weighted by atomic mass is 32.1. The second kappa shape index (κ2) is 12.6. The minimum absolute atomic E-state index is 0.210. The van der Waals surface area contributed by atoms with Crippen LogP contribution in [0.25, 0.3) is 43.7 Å². The van der Waals surface area contributed by atoms with Gasteiger partial charge in [0, 0.05) is 21.9 Å². The maximum atomic E-state index is 13.9. The van der Waals surface area contributed by atoms with E-state index in [1.54, 1.807) is 14.0 Å². The van der Waals surface area contributed by atoms with E-state index in [1.807, 2.05) is 98.1 Å². The van der Waals surface area contributed by atoms with Gasteiger partial charge in [0.2, 0.25) is 0 Å². The summed E-state index contributed by atoms with van der Waals surface area (Å²) < 4.78 is 10.8. The molecule has 0 aliphatic carbocycles. The Hall–Kier alpha value is -4.99. The van der Waals surface area contributed by atoms with Crippen molar-refractivity contribution in [1.82, 2.24) is 4.98 Å². The number of fused-ring (bicyclic) bond motifs is 1. The fourth-order valence-corrected chi connectivity index (χ4v) is 7.15. The number of hydrogen-bond acceptors (Lipinski definition) is 8. The molecule has 0 spiro atoms. The Bertz CT molecular complexity index is 2050. The number of thiophene rings is 2. The Kier molecular flexibility index (Phi) is 8.38. The van der Waals surface area contributed by atoms with Crippen molar-refractivity contribution in [2.24, 2.45) is 0 Å². The first kappa shape index (κ1) is 30.1. The van der Waals surface area contributed by atoms with Gasteiger partial charge in [0.05, 0.1) is 25.1 Å². The molecule has 45 heavy (non-hydrogen) atoms. The zero-order valence-electron chi connectivity index (χ0n) is 25.3. The van der Waals surface area contributed by atoms with E-state index in [2.05, 4.69) is 5.32 Å². The molecular weight excluding hydrogens is 603 g/mol. The van der Waals surface area contributed by atoms with Crippen LogP contribution in [-0.4, -0.2) is 30.6 Å². The third-order valence-electron chi connectivity index (χ3n) is 7.69. The minimum Gasteiger partial charge on any atom is -0.497 e. The molecule has 7 nitrogen and oxygen atoms in total. The minimum atomic E-state index is -0.498. The van der Waals surface area contributed by atoms with Crippen LogP contribution in [-0.2, 0) is 4.74 Å². The van der Waals surface area contributed by atoms with Gasteiger partial charge in [-0.15, -0.1) is 22.7 Å². The maximum Gasteiger partial charge on any atom is 0.341 e. The average Bonchev–Trinajstić information content (AvgIpc) is 3.63. The molecule has 6 rings (SSSR count). The van der Waals surface area contributed by atoms with Crippen LogP contribution < -0.4 is 15.8 Å². The number of nitrogen functional groups attached to an aromatic ring is 1. The lowest BCUT2D eigenvalue weighted by atomic mass is 9.99. The molecule has 0 bridgehead atoms. The molecule has 1 amide bonds. The number of amides is 1. The van der Waals surface area contributed by atoms with Crippen molar-refractivity contribution >= 4 is 55.5 Å². The third kappa shape index (κ3) is 5.80. The number of pyridine rings is 1. The van der Waals surface area contributed by atoms with Gasteiger partial charge in [-0.3, -0.25) is 4.79 Å². The monoisotopic (exact) mass is 633 g/mol. The number of benzene rings is 3. The Morgan fingerprint density at radius 1 is 0.889 bits per heavy atom. The molecule has 3 aromatic carbocycles. The lowest BCUT2D eigenvalue weighted by Gasteiger charge is -2.10. The molecule has 0 aliphatic heterocycles. The molecule has 0 atom stereocenters. The Balaban J connectivity index is 1.45. The van der Waals surface area contributed by atoms with Crippen LogP contribution in [0.5, 0.6) is 5.75 Å². The van der Waals surface area contributed by atoms with Crippen LogP contribution in [0.15, 0.2) is 84.2 Å². The molecule has 0 saturated heterocycles. The van der Waals surface area contributed by atoms with Crippen LogP contribution in [0.1, 0.15) is 38.1 Å². The topological polar surface area (TPSA) is 104 Å². The zero-order chi connectivity index (χ0) is 31.7. The van der Waals surface area contributed by atoms with Crippen LogP contribution in [0.2, 0.25) is 0 Å². The van der Waals surface area contributed by atoms with Crippen molar-refractivity contribution in [2.75, 3.05) is 24.8 Å². The number of aryl methyl sites for hydroxylation is 2. The number of ether oxygens (including phenoxy) is 2. The summed E-state index contributed by atoms with van der Waals surface area (Å²) in [5.41, 5.74) is 14.7. The van der Waals surface area contributed by atoms with Crippen molar-refractivity contribution in [3.8, 4) is 39.3 Å². The van der Waals surface area contributed by atoms with Gasteiger partial charge >= 0.3 is 5.97 Å². The summed E-state index contributed by atoms with van der Waals surface area (Å²) in [4.78, 5) is 33.0. The first-order valence-electron chi connectivity index (χ1n) is 14.4. The smallest absolute Gasteiger partial charge is 0.341 e. The van der Waals surface area contributed by atoms with E-state index >= 15 is 0 Å². The first-order valence-corrected chi connectivity index (χ1v) is 16.1. The second-order valence-electron chi connectivity index (χ2n) is 10.5. The number of nitrogens with two attached hydrogens (primary N) is 1. The van der Waals surface area contributed by atoms with Gasteiger partial charge in [-0.25, -0.2) is 9.78 Å². The van der Waals surface area contributed by atoms with Crippen molar-refractivity contribution in [1.29, 1.82) is 0 Å². The van der Waals surface area contributed by atoms with Gasteiger partial charge in [0.15, 0.2) is 0 Å². The Morgan fingerprint density at radius 3 is 2.31 bits per heavy atom. The van der Waals surface area contributed by atoms with Crippen LogP contribution >= 0.6 is 22.7 Å². The number of methoxy groups -OCH3 is 1. The number of carbonyl (C=O) groups is 2. The first-order chi connectivity index (χ1) is 21.8. The maximum absolute atomic E-state index is 13.9. The average molecular weight is 634 g/mol. The summed E-state index contributed by atoms with van der Waals surface area (Å²) in [7, 11) is 1.63. The molecule has 0 aliphatic rings. The number of nitrogens with zero attached hydrogens (tertiary/aromatic N) is 1. The van der Waals surface area contributed by atoms with E-state index in [4.69, 9.17) is 20.2 Å². The predicted molar refractivity (Wildman–Crippen MR) is 185 cm³/mol. The van der Waals surface area contributed by atoms with Crippen LogP contribution in [0.4, 0.5) is 10.7 Å². The van der Waals surface area contributed by atoms with E-state index in [-0.39, 0.29) is 6.61 Å². The summed E-state index contributed by atoms with van der Waals surface area (Å²) in [5.74, 6) is -0.182. The molecule has 0 saturated carbocycles. The number of anilines is 2. The van der Waals surface area contributed by atoms with Gasteiger partial charge in [-0.05, 0) is 66.8 Å². The van der Waals surface area contributed by atoms with Crippen LogP contribution in [0.3, 0.4) is 0 Å². The van der Waals surface area contributed by atoms with E-state index in [9.17, 15) is 9.59 Å². The van der Waals surface area contributed by atoms with E-state index in [0.717, 1.165) is 44.8 Å². The summed E-state index contributed by atoms with van der Waals surface area (Å²) in [5, 5.41) is 5.94. The van der Waals surface area contributed by atoms with Crippen LogP contribution in [0, 0.1) is 13.8 Å². The molecule has 226 valence electrons. The van der Waals surface area contributed by atoms with Crippen molar-refractivity contribution in [3.63, 3.8) is 0 Å². The zero-order valence-corrected chi connectivity index (χ0v) is 26.9. The Labute approximate surface area is 269 Å². The summed E-state index contributed by atoms with van der Waals surface area (Å²) in [6, 6.07) is 25.6. The summed E-state index contributed by atoms with van der Waals surface area (Å²) in [6.45, 7) is 6.03. The van der Waals surface area contributed by atoms with E-state index in [0.29, 0.717) is 36.9 Å². The largest absolute Gasteiger partial charge is 0.497 e. The third-order valence-corrected chi connectivity index (χ3v) is 9.68. The molecule has 0 radical (unpaired) electrons. The number of aromatic nitrogens is 1. The van der Waals surface area contributed by atoms with Crippen molar-refractivity contribution < 1.29 is 19.1 Å². The quantitative estimate of drug-likeness (QED) is 0.162. The molecule has 3 heterocycles. The van der Waals surface area contributed by atoms with Gasteiger partial charge in [0.25, 0.3) is 5.91 Å². The van der Waals surface area contributed by atoms with Gasteiger partial charge in [0.1, 0.15) is 26.0 Å². The van der Waals surface area contributed by atoms with Crippen molar-refractivity contribution in [3.05, 3.63) is 106 Å². The number of hydrogen-bond donors (Lipinski definition) is 2. The Morgan fingerprint density at radius 2 is 1.62 bits per heavy atom. The lowest BCUT2D eigenvalue weighted by molar-refractivity contribution is 0.0529. The molecular formula is C36H31N3O4S2. The number of carbonyl (C=O) groups excluding carboxylic acids is 2. The number of esters is 1. The summed E-state index contributed by atoms with van der Waals surface area (Å²) in [6.07, 6.45) is 0. The predicted octanol–water partition coefficient (Wildman–Crippen LogP) is 9.00. The van der Waals surface area contributed by atoms with Gasteiger partial charge in [-0.1, -0.05) is 60.7 Å². The van der Waals surface area contributed by atoms with Gasteiger partial charge in [-0.2, -0.15) is 0 Å². The molecule has 3 aromatic heterocycles. The molecule has 0 unspecified atom stereocenters. The van der Waals surface area contributed by atoms with Gasteiger partial charge < -0.3 is 20.5 Å². The molecule has 3 N–H and O–H groups in total. The number of rotatable bonds is 8. The van der Waals surface area contributed by atoms with E-state index < -0.39 is 11.9 Å². The van der Waals surface area contributed by atoms with Crippen molar-refractivity contribution in [2.45, 2.75) is 20.8 Å². The lowest BCUT2D eigenvalue weighted by Crippen LogP contribution is -2.15. The fraction of sp³-hybridized carbons (Fsp3) is 0.139.